The van der Waals surface area contributed by atoms with Crippen LogP contribution in [0.1, 0.15) is 39.5 Å². The first-order valence-corrected chi connectivity index (χ1v) is 7.48. The third kappa shape index (κ3) is 3.28. The van der Waals surface area contributed by atoms with E-state index < -0.39 is 0 Å². The summed E-state index contributed by atoms with van der Waals surface area (Å²) in [6.07, 6.45) is 6.69. The molecule has 4 nitrogen and oxygen atoms in total. The standard InChI is InChI=1S/C13H21N3OS/c1-3-17-12-11(14)13(16-8-15-12)18-10-6-4-5-9(2)7-10/h8-10H,3-7,14H2,1-2H3. The number of thioether (sulfide) groups is 1. The Bertz CT molecular complexity index is 400. The van der Waals surface area contributed by atoms with E-state index in [0.717, 1.165) is 10.9 Å². The Morgan fingerprint density at radius 2 is 2.28 bits per heavy atom. The summed E-state index contributed by atoms with van der Waals surface area (Å²) in [4.78, 5) is 8.35. The molecule has 2 unspecified atom stereocenters. The molecule has 2 atom stereocenters. The summed E-state index contributed by atoms with van der Waals surface area (Å²) in [6.45, 7) is 4.82. The van der Waals surface area contributed by atoms with E-state index in [1.54, 1.807) is 11.8 Å². The molecule has 1 aromatic heterocycles. The zero-order valence-corrected chi connectivity index (χ0v) is 11.9. The van der Waals surface area contributed by atoms with Crippen LogP contribution in [0.25, 0.3) is 0 Å². The predicted octanol–water partition coefficient (Wildman–Crippen LogP) is 3.13. The average Bonchev–Trinajstić information content (AvgIpc) is 2.35. The highest BCUT2D eigenvalue weighted by atomic mass is 32.2. The molecule has 5 heteroatoms. The van der Waals surface area contributed by atoms with Crippen molar-refractivity contribution in [3.63, 3.8) is 0 Å². The molecule has 2 rings (SSSR count). The molecular weight excluding hydrogens is 246 g/mol. The van der Waals surface area contributed by atoms with Gasteiger partial charge in [-0.15, -0.1) is 11.8 Å². The van der Waals surface area contributed by atoms with Crippen LogP contribution in [0.15, 0.2) is 11.4 Å². The number of aromatic nitrogens is 2. The van der Waals surface area contributed by atoms with Gasteiger partial charge in [-0.2, -0.15) is 4.98 Å². The van der Waals surface area contributed by atoms with E-state index in [2.05, 4.69) is 16.9 Å². The first kappa shape index (κ1) is 13.5. The Kier molecular flexibility index (Phi) is 4.69. The first-order chi connectivity index (χ1) is 8.70. The molecule has 0 aliphatic heterocycles. The number of nitrogen functional groups attached to an aromatic ring is 1. The van der Waals surface area contributed by atoms with E-state index in [9.17, 15) is 0 Å². The van der Waals surface area contributed by atoms with Gasteiger partial charge in [0.15, 0.2) is 0 Å². The van der Waals surface area contributed by atoms with E-state index in [1.165, 1.54) is 32.0 Å². The van der Waals surface area contributed by atoms with Crippen molar-refractivity contribution in [2.45, 2.75) is 49.8 Å². The summed E-state index contributed by atoms with van der Waals surface area (Å²) in [5, 5.41) is 1.49. The summed E-state index contributed by atoms with van der Waals surface area (Å²) >= 11 is 1.78. The molecule has 100 valence electrons. The molecule has 1 aromatic rings. The molecule has 1 aliphatic rings. The fourth-order valence-corrected chi connectivity index (χ4v) is 3.70. The second-order valence-electron chi connectivity index (χ2n) is 4.84. The summed E-state index contributed by atoms with van der Waals surface area (Å²) in [5.74, 6) is 1.32. The second kappa shape index (κ2) is 6.27. The minimum atomic E-state index is 0.513. The summed E-state index contributed by atoms with van der Waals surface area (Å²) in [7, 11) is 0. The smallest absolute Gasteiger partial charge is 0.241 e. The molecule has 0 spiro atoms. The normalized spacial score (nSPS) is 23.9. The number of hydrogen-bond donors (Lipinski definition) is 1. The van der Waals surface area contributed by atoms with Crippen molar-refractivity contribution in [2.75, 3.05) is 12.3 Å². The van der Waals surface area contributed by atoms with Gasteiger partial charge in [0.1, 0.15) is 17.0 Å². The molecule has 0 bridgehead atoms. The Morgan fingerprint density at radius 3 is 3.00 bits per heavy atom. The van der Waals surface area contributed by atoms with Crippen molar-refractivity contribution < 1.29 is 4.74 Å². The van der Waals surface area contributed by atoms with Gasteiger partial charge in [0.25, 0.3) is 0 Å². The molecule has 1 aliphatic carbocycles. The van der Waals surface area contributed by atoms with Crippen LogP contribution in [0, 0.1) is 5.92 Å². The minimum Gasteiger partial charge on any atom is -0.476 e. The van der Waals surface area contributed by atoms with Crippen LogP contribution in [0.5, 0.6) is 5.88 Å². The van der Waals surface area contributed by atoms with E-state index in [-0.39, 0.29) is 0 Å². The third-order valence-corrected chi connectivity index (χ3v) is 4.57. The van der Waals surface area contributed by atoms with Crippen molar-refractivity contribution in [3.05, 3.63) is 6.33 Å². The van der Waals surface area contributed by atoms with Crippen LogP contribution in [0.3, 0.4) is 0 Å². The Morgan fingerprint density at radius 1 is 1.44 bits per heavy atom. The molecule has 18 heavy (non-hydrogen) atoms. The molecule has 0 amide bonds. The predicted molar refractivity (Wildman–Crippen MR) is 74.9 cm³/mol. The lowest BCUT2D eigenvalue weighted by Gasteiger charge is -2.26. The zero-order chi connectivity index (χ0) is 13.0. The summed E-state index contributed by atoms with van der Waals surface area (Å²) < 4.78 is 5.40. The lowest BCUT2D eigenvalue weighted by atomic mass is 9.91. The minimum absolute atomic E-state index is 0.513. The number of ether oxygens (including phenoxy) is 1. The van der Waals surface area contributed by atoms with Crippen LogP contribution >= 0.6 is 11.8 Å². The molecule has 1 fully saturated rings. The lowest BCUT2D eigenvalue weighted by molar-refractivity contribution is 0.327. The Hall–Kier alpha value is -0.970. The van der Waals surface area contributed by atoms with Gasteiger partial charge in [-0.25, -0.2) is 4.98 Å². The molecule has 0 saturated heterocycles. The fraction of sp³-hybridized carbons (Fsp3) is 0.692. The van der Waals surface area contributed by atoms with E-state index in [0.29, 0.717) is 23.4 Å². The van der Waals surface area contributed by atoms with Gasteiger partial charge in [-0.3, -0.25) is 0 Å². The van der Waals surface area contributed by atoms with Crippen molar-refractivity contribution in [2.24, 2.45) is 5.92 Å². The third-order valence-electron chi connectivity index (χ3n) is 3.26. The van der Waals surface area contributed by atoms with Gasteiger partial charge < -0.3 is 10.5 Å². The summed E-state index contributed by atoms with van der Waals surface area (Å²) in [5.41, 5.74) is 6.64. The SMILES string of the molecule is CCOc1ncnc(SC2CCCC(C)C2)c1N. The summed E-state index contributed by atoms with van der Waals surface area (Å²) in [6, 6.07) is 0. The molecule has 1 heterocycles. The lowest BCUT2D eigenvalue weighted by Crippen LogP contribution is -2.15. The quantitative estimate of drug-likeness (QED) is 0.849. The van der Waals surface area contributed by atoms with E-state index in [1.807, 2.05) is 6.92 Å². The Balaban J connectivity index is 2.06. The van der Waals surface area contributed by atoms with Crippen LogP contribution in [-0.2, 0) is 0 Å². The van der Waals surface area contributed by atoms with Gasteiger partial charge in [0.05, 0.1) is 6.61 Å². The van der Waals surface area contributed by atoms with Crippen LogP contribution in [0.4, 0.5) is 5.69 Å². The zero-order valence-electron chi connectivity index (χ0n) is 11.1. The molecular formula is C13H21N3OS. The van der Waals surface area contributed by atoms with Crippen molar-refractivity contribution in [1.29, 1.82) is 0 Å². The number of anilines is 1. The van der Waals surface area contributed by atoms with Crippen molar-refractivity contribution in [1.82, 2.24) is 9.97 Å². The van der Waals surface area contributed by atoms with Gasteiger partial charge in [-0.1, -0.05) is 19.8 Å². The van der Waals surface area contributed by atoms with Gasteiger partial charge in [-0.05, 0) is 25.7 Å². The molecule has 1 saturated carbocycles. The number of nitrogens with two attached hydrogens (primary N) is 1. The Labute approximate surface area is 113 Å². The van der Waals surface area contributed by atoms with Crippen LogP contribution in [0.2, 0.25) is 0 Å². The fourth-order valence-electron chi connectivity index (χ4n) is 2.35. The largest absolute Gasteiger partial charge is 0.476 e. The van der Waals surface area contributed by atoms with E-state index in [4.69, 9.17) is 10.5 Å². The van der Waals surface area contributed by atoms with Gasteiger partial charge >= 0.3 is 0 Å². The van der Waals surface area contributed by atoms with Crippen LogP contribution < -0.4 is 10.5 Å². The maximum atomic E-state index is 6.05. The maximum absolute atomic E-state index is 6.05. The monoisotopic (exact) mass is 267 g/mol. The number of hydrogen-bond acceptors (Lipinski definition) is 5. The average molecular weight is 267 g/mol. The van der Waals surface area contributed by atoms with Gasteiger partial charge in [0, 0.05) is 5.25 Å². The van der Waals surface area contributed by atoms with Crippen molar-refractivity contribution >= 4 is 17.4 Å². The van der Waals surface area contributed by atoms with Gasteiger partial charge in [0.2, 0.25) is 5.88 Å². The van der Waals surface area contributed by atoms with Crippen LogP contribution in [-0.4, -0.2) is 21.8 Å². The molecule has 0 aromatic carbocycles. The first-order valence-electron chi connectivity index (χ1n) is 6.60. The highest BCUT2D eigenvalue weighted by Gasteiger charge is 2.22. The van der Waals surface area contributed by atoms with Crippen molar-refractivity contribution in [3.8, 4) is 5.88 Å². The maximum Gasteiger partial charge on any atom is 0.241 e. The number of nitrogens with zero attached hydrogens (tertiary/aromatic N) is 2. The molecule has 2 N–H and O–H groups in total. The second-order valence-corrected chi connectivity index (χ2v) is 6.13. The van der Waals surface area contributed by atoms with E-state index >= 15 is 0 Å². The molecule has 0 radical (unpaired) electrons. The topological polar surface area (TPSA) is 61.0 Å². The highest BCUT2D eigenvalue weighted by molar-refractivity contribution is 8.00. The highest BCUT2D eigenvalue weighted by Crippen LogP contribution is 2.38. The number of rotatable bonds is 4.